The van der Waals surface area contributed by atoms with E-state index in [4.69, 9.17) is 4.74 Å². The van der Waals surface area contributed by atoms with Crippen molar-refractivity contribution in [3.8, 4) is 16.9 Å². The lowest BCUT2D eigenvalue weighted by atomic mass is 9.61. The lowest BCUT2D eigenvalue weighted by Gasteiger charge is -2.53. The molecule has 3 aliphatic carbocycles. The molecule has 8 aromatic rings. The predicted molar refractivity (Wildman–Crippen MR) is 299 cm³/mol. The van der Waals surface area contributed by atoms with Crippen molar-refractivity contribution < 1.29 is 4.74 Å². The first-order valence-electron chi connectivity index (χ1n) is 26.4. The zero-order valence-electron chi connectivity index (χ0n) is 40.7. The van der Waals surface area contributed by atoms with E-state index in [1.807, 2.05) is 0 Å². The average molecular weight is 940 g/mol. The third-order valence-corrected chi connectivity index (χ3v) is 20.7. The topological polar surface area (TPSA) is 19.0 Å². The molecule has 0 bridgehead atoms. The van der Waals surface area contributed by atoms with Crippen LogP contribution in [0.25, 0.3) is 21.9 Å². The molecule has 4 aliphatic heterocycles. The second-order valence-electron chi connectivity index (χ2n) is 21.8. The zero-order chi connectivity index (χ0) is 47.0. The van der Waals surface area contributed by atoms with Gasteiger partial charge in [0.1, 0.15) is 11.9 Å². The van der Waals surface area contributed by atoms with Gasteiger partial charge in [-0.15, -0.1) is 0 Å². The minimum absolute atomic E-state index is 0.00519. The molecule has 0 saturated heterocycles. The number of hydrogen-bond donors (Lipinski definition) is 0. The molecule has 0 radical (unpaired) electrons. The summed E-state index contributed by atoms with van der Waals surface area (Å²) in [6.45, 7) is 5.23. The van der Waals surface area contributed by atoms with Gasteiger partial charge in [0.05, 0.1) is 34.0 Å². The minimum atomic E-state index is -0.919. The minimum Gasteiger partial charge on any atom is -0.483 e. The van der Waals surface area contributed by atoms with Crippen molar-refractivity contribution in [2.75, 3.05) is 14.7 Å². The van der Waals surface area contributed by atoms with Crippen LogP contribution in [0.5, 0.6) is 5.75 Å². The number of rotatable bonds is 6. The van der Waals surface area contributed by atoms with Crippen LogP contribution in [0.4, 0.5) is 45.5 Å². The molecule has 5 atom stereocenters. The van der Waals surface area contributed by atoms with E-state index >= 15 is 0 Å². The Morgan fingerprint density at radius 1 is 0.592 bits per heavy atom. The van der Waals surface area contributed by atoms with Crippen LogP contribution in [0.3, 0.4) is 0 Å². The quantitative estimate of drug-likeness (QED) is 0.155. The van der Waals surface area contributed by atoms with Crippen LogP contribution in [0.2, 0.25) is 0 Å². The Hall–Kier alpha value is -6.87. The van der Waals surface area contributed by atoms with Gasteiger partial charge in [0, 0.05) is 49.9 Å². The highest BCUT2D eigenvalue weighted by Crippen LogP contribution is 2.67. The lowest BCUT2D eigenvalue weighted by molar-refractivity contribution is 0.195. The van der Waals surface area contributed by atoms with Gasteiger partial charge in [-0.3, -0.25) is 0 Å². The third-order valence-electron chi connectivity index (χ3n) is 18.1. The van der Waals surface area contributed by atoms with Crippen LogP contribution >= 0.6 is 7.92 Å². The van der Waals surface area contributed by atoms with Gasteiger partial charge in [0.15, 0.2) is 0 Å². The molecule has 71 heavy (non-hydrogen) atoms. The second-order valence-corrected chi connectivity index (χ2v) is 23.8. The third kappa shape index (κ3) is 6.07. The maximum absolute atomic E-state index is 7.04. The molecule has 8 aromatic carbocycles. The van der Waals surface area contributed by atoms with Crippen molar-refractivity contribution in [2.24, 2.45) is 0 Å². The molecular formula is C66H58N3OP. The molecule has 0 aromatic heterocycles. The molecule has 15 rings (SSSR count). The van der Waals surface area contributed by atoms with E-state index in [0.717, 1.165) is 22.8 Å². The van der Waals surface area contributed by atoms with Gasteiger partial charge in [-0.25, -0.2) is 0 Å². The van der Waals surface area contributed by atoms with Gasteiger partial charge in [-0.05, 0) is 152 Å². The van der Waals surface area contributed by atoms with Crippen molar-refractivity contribution in [3.05, 3.63) is 205 Å². The fraction of sp³-hybridized carbons (Fsp3) is 0.242. The van der Waals surface area contributed by atoms with Crippen LogP contribution in [0.15, 0.2) is 188 Å². The Balaban J connectivity index is 0.981. The van der Waals surface area contributed by atoms with E-state index in [2.05, 4.69) is 217 Å². The van der Waals surface area contributed by atoms with E-state index < -0.39 is 7.92 Å². The van der Waals surface area contributed by atoms with Crippen LogP contribution in [0.1, 0.15) is 100 Å². The molecule has 0 N–H and O–H groups in total. The van der Waals surface area contributed by atoms with Crippen molar-refractivity contribution in [1.29, 1.82) is 0 Å². The Bertz CT molecular complexity index is 3550. The van der Waals surface area contributed by atoms with Gasteiger partial charge >= 0.3 is 0 Å². The normalized spacial score (nSPS) is 24.1. The van der Waals surface area contributed by atoms with Crippen molar-refractivity contribution in [1.82, 2.24) is 0 Å². The molecule has 7 aliphatic rings. The van der Waals surface area contributed by atoms with Crippen LogP contribution in [-0.2, 0) is 5.41 Å². The Labute approximate surface area is 419 Å². The Morgan fingerprint density at radius 2 is 1.37 bits per heavy atom. The molecule has 5 heteroatoms. The standard InChI is InChI=1S/C66H58N3OP/c1-65-36-13-14-37-66(65,2)69-58-41-48(43-18-5-3-6-19-43)40-57-64(58)71(61-31-17-28-54(65)62(61)69)60-35-34-51(42-56(60)68(57)49-23-7-4-8-24-49)67(55-29-16-27-53-52-26-11-12-30-59(52)70-63(53)55)50-25-15-22-46(39-50)47-33-32-44-20-9-10-21-45(44)38-47/h4,7-12,15-17,20-35,38-43,52,59H,3,5-6,13-14,18-19,36-37H2,1-2H3. The molecular weight excluding hydrogens is 882 g/mol. The van der Waals surface area contributed by atoms with E-state index in [0.29, 0.717) is 5.92 Å². The molecule has 0 spiro atoms. The molecule has 4 nitrogen and oxygen atoms in total. The average Bonchev–Trinajstić information content (AvgIpc) is 3.91. The fourth-order valence-electron chi connectivity index (χ4n) is 14.4. The predicted octanol–water partition coefficient (Wildman–Crippen LogP) is 16.6. The Kier molecular flexibility index (Phi) is 9.33. The summed E-state index contributed by atoms with van der Waals surface area (Å²) in [5.41, 5.74) is 16.9. The maximum Gasteiger partial charge on any atom is 0.148 e. The summed E-state index contributed by atoms with van der Waals surface area (Å²) in [6.07, 6.45) is 20.3. The first-order chi connectivity index (χ1) is 34.9. The maximum atomic E-state index is 7.04. The van der Waals surface area contributed by atoms with E-state index in [-0.39, 0.29) is 23.0 Å². The monoisotopic (exact) mass is 939 g/mol. The summed E-state index contributed by atoms with van der Waals surface area (Å²) in [7, 11) is -0.919. The highest BCUT2D eigenvalue weighted by Gasteiger charge is 2.61. The summed E-state index contributed by atoms with van der Waals surface area (Å²) in [6, 6.07) is 63.0. The first kappa shape index (κ1) is 41.9. The number of anilines is 8. The first-order valence-corrected chi connectivity index (χ1v) is 27.7. The molecule has 5 unspecified atom stereocenters. The summed E-state index contributed by atoms with van der Waals surface area (Å²) in [5.74, 6) is 1.70. The smallest absolute Gasteiger partial charge is 0.148 e. The number of fused-ring (bicyclic) bond motifs is 11. The number of ether oxygens (including phenoxy) is 1. The fourth-order valence-corrected chi connectivity index (χ4v) is 17.2. The lowest BCUT2D eigenvalue weighted by Crippen LogP contribution is -2.56. The zero-order valence-corrected chi connectivity index (χ0v) is 41.6. The summed E-state index contributed by atoms with van der Waals surface area (Å²) in [4.78, 5) is 8.07. The summed E-state index contributed by atoms with van der Waals surface area (Å²) < 4.78 is 7.04. The number of benzene rings is 8. The molecule has 348 valence electrons. The highest BCUT2D eigenvalue weighted by atomic mass is 31.1. The van der Waals surface area contributed by atoms with Gasteiger partial charge in [-0.2, -0.15) is 0 Å². The second kappa shape index (κ2) is 15.8. The van der Waals surface area contributed by atoms with Crippen LogP contribution < -0.4 is 35.4 Å². The molecule has 4 heterocycles. The van der Waals surface area contributed by atoms with E-state index in [9.17, 15) is 0 Å². The Morgan fingerprint density at radius 3 is 2.27 bits per heavy atom. The molecule has 2 saturated carbocycles. The van der Waals surface area contributed by atoms with Crippen molar-refractivity contribution in [2.45, 2.75) is 101 Å². The van der Waals surface area contributed by atoms with E-state index in [1.165, 1.54) is 135 Å². The van der Waals surface area contributed by atoms with E-state index in [1.54, 1.807) is 5.56 Å². The highest BCUT2D eigenvalue weighted by molar-refractivity contribution is 7.81. The van der Waals surface area contributed by atoms with Gasteiger partial charge in [0.2, 0.25) is 0 Å². The van der Waals surface area contributed by atoms with Crippen molar-refractivity contribution >= 4 is 80.1 Å². The largest absolute Gasteiger partial charge is 0.483 e. The van der Waals surface area contributed by atoms with Crippen molar-refractivity contribution in [3.63, 3.8) is 0 Å². The van der Waals surface area contributed by atoms with Gasteiger partial charge in [0.25, 0.3) is 0 Å². The number of hydrogen-bond acceptors (Lipinski definition) is 4. The SMILES string of the molecule is CC12CCCCC1(C)N1c3cc(C4CCCCC4)cc4c3P(c3ccc(N(c5cccc(-c6ccc7ccccc7c6)c5)c5cccc6c5OC5C=CC=CC65)cc3N4c3ccccc3)c3cccc2c31. The van der Waals surface area contributed by atoms with Gasteiger partial charge in [-0.1, -0.05) is 154 Å². The summed E-state index contributed by atoms with van der Waals surface area (Å²) in [5, 5.41) is 6.97. The number of allylic oxidation sites excluding steroid dienone is 2. The number of nitrogens with zero attached hydrogens (tertiary/aromatic N) is 3. The summed E-state index contributed by atoms with van der Waals surface area (Å²) >= 11 is 0. The molecule has 2 fully saturated rings. The van der Waals surface area contributed by atoms with Crippen LogP contribution in [0, 0.1) is 0 Å². The van der Waals surface area contributed by atoms with Gasteiger partial charge < -0.3 is 19.4 Å². The number of para-hydroxylation sites is 3. The molecule has 0 amide bonds. The van der Waals surface area contributed by atoms with Crippen LogP contribution in [-0.4, -0.2) is 11.6 Å².